The minimum absolute atomic E-state index is 0.189. The largest absolute Gasteiger partial charge is 0.336 e. The lowest BCUT2D eigenvalue weighted by molar-refractivity contribution is 0.0659. The average Bonchev–Trinajstić information content (AvgIpc) is 2.33. The molecule has 2 rings (SSSR count). The molecule has 0 aliphatic carbocycles. The molecule has 3 nitrogen and oxygen atoms in total. The number of hydrogen-bond donors (Lipinski definition) is 0. The van der Waals surface area contributed by atoms with Gasteiger partial charge in [-0.1, -0.05) is 12.1 Å². The van der Waals surface area contributed by atoms with Gasteiger partial charge in [0.05, 0.1) is 5.56 Å². The van der Waals surface area contributed by atoms with Gasteiger partial charge >= 0.3 is 0 Å². The Hall–Kier alpha value is -1.42. The lowest BCUT2D eigenvalue weighted by atomic mass is 10.1. The Kier molecular flexibility index (Phi) is 3.43. The molecule has 92 valence electrons. The third kappa shape index (κ3) is 2.47. The van der Waals surface area contributed by atoms with Gasteiger partial charge in [-0.3, -0.25) is 4.79 Å². The number of carbonyl (C=O) groups is 1. The molecule has 4 heteroatoms. The molecule has 0 radical (unpaired) electrons. The molecule has 17 heavy (non-hydrogen) atoms. The van der Waals surface area contributed by atoms with Crippen molar-refractivity contribution in [2.45, 2.75) is 6.92 Å². The Morgan fingerprint density at radius 1 is 1.24 bits per heavy atom. The molecule has 0 spiro atoms. The molecule has 1 aromatic carbocycles. The van der Waals surface area contributed by atoms with Gasteiger partial charge < -0.3 is 9.80 Å². The van der Waals surface area contributed by atoms with Crippen LogP contribution in [0.3, 0.4) is 0 Å². The number of aryl methyl sites for hydroxylation is 1. The normalized spacial score (nSPS) is 17.2. The van der Waals surface area contributed by atoms with Gasteiger partial charge in [0.25, 0.3) is 5.91 Å². The Bertz CT molecular complexity index is 425. The number of carbonyl (C=O) groups excluding carboxylic acids is 1. The van der Waals surface area contributed by atoms with Crippen molar-refractivity contribution in [3.05, 3.63) is 35.1 Å². The van der Waals surface area contributed by atoms with Gasteiger partial charge in [0.1, 0.15) is 5.82 Å². The first-order chi connectivity index (χ1) is 8.09. The van der Waals surface area contributed by atoms with Crippen molar-refractivity contribution in [3.63, 3.8) is 0 Å². The maximum atomic E-state index is 13.8. The molecule has 1 fully saturated rings. The zero-order valence-electron chi connectivity index (χ0n) is 10.2. The van der Waals surface area contributed by atoms with E-state index in [0.717, 1.165) is 13.1 Å². The van der Waals surface area contributed by atoms with Gasteiger partial charge in [-0.05, 0) is 25.6 Å². The summed E-state index contributed by atoms with van der Waals surface area (Å²) in [5.41, 5.74) is 0.708. The van der Waals surface area contributed by atoms with Crippen LogP contribution in [-0.4, -0.2) is 48.9 Å². The first-order valence-corrected chi connectivity index (χ1v) is 5.82. The SMILES string of the molecule is Cc1cccc(C(=O)N2CCN(C)CC2)c1F. The van der Waals surface area contributed by atoms with Crippen LogP contribution in [0.2, 0.25) is 0 Å². The molecule has 1 aliphatic rings. The van der Waals surface area contributed by atoms with Crippen molar-refractivity contribution in [1.82, 2.24) is 9.80 Å². The highest BCUT2D eigenvalue weighted by atomic mass is 19.1. The molecule has 0 atom stereocenters. The number of nitrogens with zero attached hydrogens (tertiary/aromatic N) is 2. The summed E-state index contributed by atoms with van der Waals surface area (Å²) in [6.45, 7) is 4.71. The van der Waals surface area contributed by atoms with E-state index in [1.165, 1.54) is 0 Å². The molecule has 1 heterocycles. The number of amides is 1. The highest BCUT2D eigenvalue weighted by Gasteiger charge is 2.22. The molecule has 1 amide bonds. The minimum Gasteiger partial charge on any atom is -0.336 e. The second-order valence-corrected chi connectivity index (χ2v) is 4.53. The zero-order chi connectivity index (χ0) is 12.4. The number of piperazine rings is 1. The van der Waals surface area contributed by atoms with Crippen LogP contribution in [-0.2, 0) is 0 Å². The predicted octanol–water partition coefficient (Wildman–Crippen LogP) is 1.52. The van der Waals surface area contributed by atoms with Crippen molar-refractivity contribution >= 4 is 5.91 Å². The van der Waals surface area contributed by atoms with Gasteiger partial charge in [-0.15, -0.1) is 0 Å². The maximum Gasteiger partial charge on any atom is 0.256 e. The van der Waals surface area contributed by atoms with Crippen LogP contribution in [0.4, 0.5) is 4.39 Å². The van der Waals surface area contributed by atoms with Crippen LogP contribution in [0, 0.1) is 12.7 Å². The van der Waals surface area contributed by atoms with Crippen molar-refractivity contribution in [1.29, 1.82) is 0 Å². The summed E-state index contributed by atoms with van der Waals surface area (Å²) in [6.07, 6.45) is 0. The second-order valence-electron chi connectivity index (χ2n) is 4.53. The fourth-order valence-electron chi connectivity index (χ4n) is 1.99. The number of benzene rings is 1. The van der Waals surface area contributed by atoms with E-state index in [4.69, 9.17) is 0 Å². The molecule has 0 N–H and O–H groups in total. The summed E-state index contributed by atoms with van der Waals surface area (Å²) in [7, 11) is 2.02. The minimum atomic E-state index is -0.392. The second kappa shape index (κ2) is 4.84. The standard InChI is InChI=1S/C13H17FN2O/c1-10-4-3-5-11(12(10)14)13(17)16-8-6-15(2)7-9-16/h3-5H,6-9H2,1-2H3. The van der Waals surface area contributed by atoms with E-state index < -0.39 is 5.82 Å². The predicted molar refractivity (Wildman–Crippen MR) is 64.5 cm³/mol. The fraction of sp³-hybridized carbons (Fsp3) is 0.462. The van der Waals surface area contributed by atoms with Gasteiger partial charge in [-0.25, -0.2) is 4.39 Å². The Morgan fingerprint density at radius 2 is 1.88 bits per heavy atom. The van der Waals surface area contributed by atoms with Crippen LogP contribution >= 0.6 is 0 Å². The van der Waals surface area contributed by atoms with Gasteiger partial charge in [-0.2, -0.15) is 0 Å². The Balaban J connectivity index is 2.17. The van der Waals surface area contributed by atoms with Gasteiger partial charge in [0.15, 0.2) is 0 Å². The molecule has 0 unspecified atom stereocenters. The average molecular weight is 236 g/mol. The molecule has 0 saturated carbocycles. The molecule has 0 bridgehead atoms. The van der Waals surface area contributed by atoms with E-state index >= 15 is 0 Å². The van der Waals surface area contributed by atoms with Gasteiger partial charge in [0, 0.05) is 26.2 Å². The topological polar surface area (TPSA) is 23.6 Å². The number of halogens is 1. The van der Waals surface area contributed by atoms with Crippen LogP contribution in [0.25, 0.3) is 0 Å². The summed E-state index contributed by atoms with van der Waals surface area (Å²) in [6, 6.07) is 4.96. The molecule has 0 aromatic heterocycles. The Morgan fingerprint density at radius 3 is 2.53 bits per heavy atom. The maximum absolute atomic E-state index is 13.8. The van der Waals surface area contributed by atoms with E-state index in [0.29, 0.717) is 18.7 Å². The molecule has 1 aliphatic heterocycles. The smallest absolute Gasteiger partial charge is 0.256 e. The molecular weight excluding hydrogens is 219 g/mol. The van der Waals surface area contributed by atoms with Crippen LogP contribution in [0.1, 0.15) is 15.9 Å². The van der Waals surface area contributed by atoms with E-state index in [1.54, 1.807) is 30.0 Å². The monoisotopic (exact) mass is 236 g/mol. The number of likely N-dealkylation sites (N-methyl/N-ethyl adjacent to an activating group) is 1. The lowest BCUT2D eigenvalue weighted by Gasteiger charge is -2.32. The highest BCUT2D eigenvalue weighted by molar-refractivity contribution is 5.94. The van der Waals surface area contributed by atoms with E-state index in [2.05, 4.69) is 4.90 Å². The molecule has 1 saturated heterocycles. The van der Waals surface area contributed by atoms with Gasteiger partial charge in [0.2, 0.25) is 0 Å². The number of hydrogen-bond acceptors (Lipinski definition) is 2. The first-order valence-electron chi connectivity index (χ1n) is 5.82. The summed E-state index contributed by atoms with van der Waals surface area (Å²) >= 11 is 0. The quantitative estimate of drug-likeness (QED) is 0.738. The third-order valence-corrected chi connectivity index (χ3v) is 3.21. The van der Waals surface area contributed by atoms with Crippen molar-refractivity contribution in [2.24, 2.45) is 0 Å². The third-order valence-electron chi connectivity index (χ3n) is 3.21. The van der Waals surface area contributed by atoms with Crippen molar-refractivity contribution < 1.29 is 9.18 Å². The lowest BCUT2D eigenvalue weighted by Crippen LogP contribution is -2.47. The molecule has 1 aromatic rings. The van der Waals surface area contributed by atoms with E-state index in [-0.39, 0.29) is 11.5 Å². The fourth-order valence-corrected chi connectivity index (χ4v) is 1.99. The zero-order valence-corrected chi connectivity index (χ0v) is 10.2. The van der Waals surface area contributed by atoms with E-state index in [1.807, 2.05) is 7.05 Å². The molecular formula is C13H17FN2O. The Labute approximate surface area is 101 Å². The van der Waals surface area contributed by atoms with Crippen LogP contribution in [0.15, 0.2) is 18.2 Å². The highest BCUT2D eigenvalue weighted by Crippen LogP contribution is 2.15. The van der Waals surface area contributed by atoms with Crippen molar-refractivity contribution in [3.8, 4) is 0 Å². The van der Waals surface area contributed by atoms with Crippen LogP contribution < -0.4 is 0 Å². The summed E-state index contributed by atoms with van der Waals surface area (Å²) in [4.78, 5) is 16.0. The summed E-state index contributed by atoms with van der Waals surface area (Å²) in [5, 5.41) is 0. The van der Waals surface area contributed by atoms with Crippen molar-refractivity contribution in [2.75, 3.05) is 33.2 Å². The summed E-state index contributed by atoms with van der Waals surface area (Å²) < 4.78 is 13.8. The van der Waals surface area contributed by atoms with Crippen LogP contribution in [0.5, 0.6) is 0 Å². The summed E-state index contributed by atoms with van der Waals surface area (Å²) in [5.74, 6) is -0.587. The van der Waals surface area contributed by atoms with E-state index in [9.17, 15) is 9.18 Å². The number of rotatable bonds is 1. The first kappa shape index (κ1) is 12.0.